The highest BCUT2D eigenvalue weighted by Gasteiger charge is 2.17. The van der Waals surface area contributed by atoms with Crippen LogP contribution in [0.4, 0.5) is 0 Å². The van der Waals surface area contributed by atoms with Crippen molar-refractivity contribution in [1.82, 2.24) is 0 Å². The van der Waals surface area contributed by atoms with Gasteiger partial charge in [0.2, 0.25) is 0 Å². The van der Waals surface area contributed by atoms with Crippen LogP contribution in [0.3, 0.4) is 0 Å². The Balaban J connectivity index is 2.53. The van der Waals surface area contributed by atoms with E-state index in [2.05, 4.69) is 62.3 Å². The van der Waals surface area contributed by atoms with Gasteiger partial charge in [-0.25, -0.2) is 0 Å². The van der Waals surface area contributed by atoms with Crippen molar-refractivity contribution >= 4 is 19.8 Å². The van der Waals surface area contributed by atoms with Crippen molar-refractivity contribution in [1.29, 1.82) is 0 Å². The highest BCUT2D eigenvalue weighted by atomic mass is 32.2. The highest BCUT2D eigenvalue weighted by molar-refractivity contribution is 8.04. The molecule has 0 radical (unpaired) electrons. The Kier molecular flexibility index (Phi) is 5.36. The Labute approximate surface area is 105 Å². The van der Waals surface area contributed by atoms with Crippen LogP contribution in [0.1, 0.15) is 12.0 Å². The van der Waals surface area contributed by atoms with E-state index >= 15 is 0 Å². The number of hydrogen-bond acceptors (Lipinski definition) is 1. The molecule has 0 atom stereocenters. The molecule has 0 aliphatic carbocycles. The van der Waals surface area contributed by atoms with Crippen LogP contribution < -0.4 is 0 Å². The van der Waals surface area contributed by atoms with E-state index in [1.165, 1.54) is 12.0 Å². The van der Waals surface area contributed by atoms with E-state index in [1.54, 1.807) is 4.53 Å². The second-order valence-electron chi connectivity index (χ2n) is 5.05. The maximum Gasteiger partial charge on any atom is 0.0853 e. The summed E-state index contributed by atoms with van der Waals surface area (Å²) in [6.45, 7) is 7.24. The molecule has 0 heterocycles. The molecule has 1 rings (SSSR count). The molecule has 1 aromatic rings. The lowest BCUT2D eigenvalue weighted by molar-refractivity contribution is 1.00. The monoisotopic (exact) mass is 250 g/mol. The van der Waals surface area contributed by atoms with Crippen molar-refractivity contribution in [3.63, 3.8) is 0 Å². The summed E-state index contributed by atoms with van der Waals surface area (Å²) in [5, 5.41) is 0. The quantitative estimate of drug-likeness (QED) is 0.680. The Hall–Kier alpha value is -0.473. The van der Waals surface area contributed by atoms with E-state index in [9.17, 15) is 0 Å². The molecule has 16 heavy (non-hydrogen) atoms. The number of aryl methyl sites for hydroxylation is 1. The first kappa shape index (κ1) is 13.6. The van der Waals surface area contributed by atoms with Gasteiger partial charge in [-0.15, -0.1) is 11.8 Å². The lowest BCUT2D eigenvalue weighted by Crippen LogP contribution is -2.21. The molecule has 1 aromatic carbocycles. The molecule has 0 aliphatic heterocycles. The molecule has 0 N–H and O–H groups in total. The number of rotatable bonds is 5. The van der Waals surface area contributed by atoms with Crippen LogP contribution in [0.5, 0.6) is 0 Å². The third-order valence-electron chi connectivity index (χ3n) is 2.56. The summed E-state index contributed by atoms with van der Waals surface area (Å²) in [6, 6.07) is 10.7. The fourth-order valence-electron chi connectivity index (χ4n) is 1.71. The van der Waals surface area contributed by atoms with Crippen molar-refractivity contribution in [3.05, 3.63) is 46.5 Å². The summed E-state index contributed by atoms with van der Waals surface area (Å²) in [6.07, 6.45) is 6.98. The molecule has 0 bridgehead atoms. The molecule has 0 spiro atoms. The molecule has 88 valence electrons. The molecule has 0 unspecified atom stereocenters. The number of thioether (sulfide) groups is 1. The number of benzene rings is 1. The summed E-state index contributed by atoms with van der Waals surface area (Å²) in [5.74, 6) is 0. The largest absolute Gasteiger partial charge is 0.139 e. The fraction of sp³-hybridized carbons (Fsp3) is 0.429. The van der Waals surface area contributed by atoms with Gasteiger partial charge in [-0.3, -0.25) is 0 Å². The van der Waals surface area contributed by atoms with Crippen LogP contribution in [-0.4, -0.2) is 14.3 Å². The first-order valence-corrected chi connectivity index (χ1v) is 10.5. The molecular formula is C14H22SSi. The summed E-state index contributed by atoms with van der Waals surface area (Å²) < 4.78 is 1.63. The molecule has 0 aliphatic rings. The Morgan fingerprint density at radius 1 is 1.19 bits per heavy atom. The van der Waals surface area contributed by atoms with Crippen LogP contribution in [0.15, 0.2) is 40.9 Å². The summed E-state index contributed by atoms with van der Waals surface area (Å²) >= 11 is 1.93. The van der Waals surface area contributed by atoms with E-state index in [0.29, 0.717) is 0 Å². The van der Waals surface area contributed by atoms with Gasteiger partial charge in [-0.1, -0.05) is 56.0 Å². The standard InChI is InChI=1S/C14H22SSi/c1-15-14(16(2,3)4)12-8-11-13-9-6-5-7-10-13/h5-7,9-10,12H,8,11H2,1-4H3. The average molecular weight is 250 g/mol. The van der Waals surface area contributed by atoms with Crippen LogP contribution >= 0.6 is 11.8 Å². The van der Waals surface area contributed by atoms with Gasteiger partial charge in [0.1, 0.15) is 0 Å². The number of hydrogen-bond donors (Lipinski definition) is 0. The predicted molar refractivity (Wildman–Crippen MR) is 79.7 cm³/mol. The Morgan fingerprint density at radius 3 is 2.31 bits per heavy atom. The van der Waals surface area contributed by atoms with Crippen LogP contribution in [0.25, 0.3) is 0 Å². The van der Waals surface area contributed by atoms with Crippen LogP contribution in [-0.2, 0) is 6.42 Å². The van der Waals surface area contributed by atoms with Crippen molar-refractivity contribution in [2.75, 3.05) is 6.26 Å². The SMILES string of the molecule is CSC(=CCCc1ccccc1)[Si](C)(C)C. The second-order valence-corrected chi connectivity index (χ2v) is 11.3. The molecular weight excluding hydrogens is 228 g/mol. The van der Waals surface area contributed by atoms with E-state index in [4.69, 9.17) is 0 Å². The Bertz CT molecular complexity index is 336. The lowest BCUT2D eigenvalue weighted by atomic mass is 10.1. The van der Waals surface area contributed by atoms with Crippen molar-refractivity contribution < 1.29 is 0 Å². The van der Waals surface area contributed by atoms with Gasteiger partial charge in [0.25, 0.3) is 0 Å². The first-order valence-electron chi connectivity index (χ1n) is 5.82. The summed E-state index contributed by atoms with van der Waals surface area (Å²) in [7, 11) is -1.10. The second kappa shape index (κ2) is 6.31. The molecule has 0 nitrogen and oxygen atoms in total. The third kappa shape index (κ3) is 4.58. The molecule has 0 amide bonds. The van der Waals surface area contributed by atoms with Crippen molar-refractivity contribution in [3.8, 4) is 0 Å². The molecule has 0 saturated heterocycles. The zero-order valence-electron chi connectivity index (χ0n) is 10.8. The van der Waals surface area contributed by atoms with E-state index in [-0.39, 0.29) is 0 Å². The maximum atomic E-state index is 2.45. The molecule has 0 aromatic heterocycles. The normalized spacial score (nSPS) is 12.9. The molecule has 0 saturated carbocycles. The van der Waals surface area contributed by atoms with E-state index < -0.39 is 8.07 Å². The average Bonchev–Trinajstić information content (AvgIpc) is 2.24. The third-order valence-corrected chi connectivity index (χ3v) is 7.30. The van der Waals surface area contributed by atoms with Crippen molar-refractivity contribution in [2.45, 2.75) is 32.5 Å². The van der Waals surface area contributed by atoms with Crippen molar-refractivity contribution in [2.24, 2.45) is 0 Å². The van der Waals surface area contributed by atoms with Gasteiger partial charge in [-0.2, -0.15) is 0 Å². The first-order chi connectivity index (χ1) is 7.54. The zero-order chi connectivity index (χ0) is 12.0. The van der Waals surface area contributed by atoms with Gasteiger partial charge in [0.15, 0.2) is 0 Å². The van der Waals surface area contributed by atoms with Gasteiger partial charge < -0.3 is 0 Å². The predicted octanol–water partition coefficient (Wildman–Crippen LogP) is 4.74. The molecule has 2 heteroatoms. The zero-order valence-corrected chi connectivity index (χ0v) is 12.6. The van der Waals surface area contributed by atoms with E-state index in [1.807, 2.05) is 11.8 Å². The van der Waals surface area contributed by atoms with Gasteiger partial charge in [-0.05, 0) is 29.2 Å². The minimum absolute atomic E-state index is 1.10. The summed E-state index contributed by atoms with van der Waals surface area (Å²) in [5.41, 5.74) is 1.44. The van der Waals surface area contributed by atoms with Gasteiger partial charge >= 0.3 is 0 Å². The smallest absolute Gasteiger partial charge is 0.0853 e. The fourth-order valence-corrected chi connectivity index (χ4v) is 5.20. The number of allylic oxidation sites excluding steroid dienone is 1. The van der Waals surface area contributed by atoms with Gasteiger partial charge in [0.05, 0.1) is 8.07 Å². The van der Waals surface area contributed by atoms with E-state index in [0.717, 1.165) is 6.42 Å². The highest BCUT2D eigenvalue weighted by Crippen LogP contribution is 2.25. The van der Waals surface area contributed by atoms with Gasteiger partial charge in [0, 0.05) is 0 Å². The molecule has 0 fully saturated rings. The Morgan fingerprint density at radius 2 is 1.81 bits per heavy atom. The maximum absolute atomic E-state index is 2.45. The topological polar surface area (TPSA) is 0 Å². The minimum Gasteiger partial charge on any atom is -0.139 e. The van der Waals surface area contributed by atoms with Crippen LogP contribution in [0, 0.1) is 0 Å². The lowest BCUT2D eigenvalue weighted by Gasteiger charge is -2.18. The summed E-state index contributed by atoms with van der Waals surface area (Å²) in [4.78, 5) is 0. The minimum atomic E-state index is -1.10. The van der Waals surface area contributed by atoms with Crippen LogP contribution in [0.2, 0.25) is 19.6 Å².